The van der Waals surface area contributed by atoms with Crippen molar-refractivity contribution in [3.8, 4) is 0 Å². The smallest absolute Gasteiger partial charge is 0.289 e. The largest absolute Gasteiger partial charge is 0.322 e. The molecule has 1 aromatic carbocycles. The summed E-state index contributed by atoms with van der Waals surface area (Å²) in [7, 11) is 0. The fourth-order valence-electron chi connectivity index (χ4n) is 1.64. The van der Waals surface area contributed by atoms with Crippen LogP contribution < -0.4 is 16.6 Å². The molecule has 8 nitrogen and oxygen atoms in total. The lowest BCUT2D eigenvalue weighted by Gasteiger charge is -2.09. The zero-order chi connectivity index (χ0) is 15.4. The Balaban J connectivity index is 2.28. The maximum atomic E-state index is 12.1. The molecule has 0 bridgehead atoms. The van der Waals surface area contributed by atoms with Gasteiger partial charge in [0.15, 0.2) is 0 Å². The van der Waals surface area contributed by atoms with Gasteiger partial charge in [0, 0.05) is 18.0 Å². The van der Waals surface area contributed by atoms with Crippen LogP contribution in [0.4, 0.5) is 17.1 Å². The van der Waals surface area contributed by atoms with Crippen molar-refractivity contribution in [2.45, 2.75) is 0 Å². The molecule has 0 saturated heterocycles. The van der Waals surface area contributed by atoms with Crippen molar-refractivity contribution in [2.24, 2.45) is 5.84 Å². The Labute approximate surface area is 124 Å². The average Bonchev–Trinajstić information content (AvgIpc) is 2.48. The van der Waals surface area contributed by atoms with Crippen LogP contribution in [0, 0.1) is 10.1 Å². The van der Waals surface area contributed by atoms with Crippen LogP contribution in [0.2, 0.25) is 5.02 Å². The molecule has 0 aliphatic rings. The number of amides is 1. The minimum absolute atomic E-state index is 0.00813. The molecule has 108 valence electrons. The molecule has 1 heterocycles. The predicted molar refractivity (Wildman–Crippen MR) is 78.1 cm³/mol. The van der Waals surface area contributed by atoms with E-state index >= 15 is 0 Å². The number of rotatable bonds is 4. The third-order valence-corrected chi connectivity index (χ3v) is 2.94. The number of carbonyl (C=O) groups is 1. The summed E-state index contributed by atoms with van der Waals surface area (Å²) in [6.45, 7) is 0. The summed E-state index contributed by atoms with van der Waals surface area (Å²) in [4.78, 5) is 26.1. The number of carbonyl (C=O) groups excluding carboxylic acids is 1. The lowest BCUT2D eigenvalue weighted by molar-refractivity contribution is -0.384. The van der Waals surface area contributed by atoms with Crippen molar-refractivity contribution >= 4 is 34.6 Å². The quantitative estimate of drug-likeness (QED) is 0.452. The second-order valence-corrected chi connectivity index (χ2v) is 4.35. The van der Waals surface area contributed by atoms with Crippen molar-refractivity contribution in [3.63, 3.8) is 0 Å². The van der Waals surface area contributed by atoms with Gasteiger partial charge in [-0.15, -0.1) is 0 Å². The highest BCUT2D eigenvalue weighted by atomic mass is 35.5. The number of aromatic nitrogens is 1. The Morgan fingerprint density at radius 1 is 1.38 bits per heavy atom. The number of nitrogens with two attached hydrogens (primary N) is 1. The molecule has 0 radical (unpaired) electrons. The molecule has 2 aromatic rings. The van der Waals surface area contributed by atoms with Gasteiger partial charge in [-0.2, -0.15) is 0 Å². The van der Waals surface area contributed by atoms with Crippen LogP contribution >= 0.6 is 11.6 Å². The number of pyridine rings is 1. The van der Waals surface area contributed by atoms with Gasteiger partial charge in [0.2, 0.25) is 0 Å². The third kappa shape index (κ3) is 3.25. The first-order valence-electron chi connectivity index (χ1n) is 5.69. The summed E-state index contributed by atoms with van der Waals surface area (Å²) < 4.78 is 0. The fourth-order valence-corrected chi connectivity index (χ4v) is 1.82. The van der Waals surface area contributed by atoms with Crippen LogP contribution in [0.1, 0.15) is 10.4 Å². The lowest BCUT2D eigenvalue weighted by Crippen LogP contribution is -2.17. The Kier molecular flexibility index (Phi) is 4.31. The number of benzene rings is 1. The van der Waals surface area contributed by atoms with Crippen LogP contribution in [0.5, 0.6) is 0 Å². The number of nitro groups is 1. The first-order valence-corrected chi connectivity index (χ1v) is 6.06. The maximum absolute atomic E-state index is 12.1. The van der Waals surface area contributed by atoms with Crippen LogP contribution in [0.3, 0.4) is 0 Å². The van der Waals surface area contributed by atoms with Crippen molar-refractivity contribution in [1.29, 1.82) is 0 Å². The number of hydrogen-bond donors (Lipinski definition) is 3. The summed E-state index contributed by atoms with van der Waals surface area (Å²) in [6, 6.07) is 5.44. The molecule has 0 unspecified atom stereocenters. The van der Waals surface area contributed by atoms with Crippen LogP contribution in [0.25, 0.3) is 0 Å². The first kappa shape index (κ1) is 14.7. The highest BCUT2D eigenvalue weighted by Crippen LogP contribution is 2.27. The molecule has 0 atom stereocenters. The summed E-state index contributed by atoms with van der Waals surface area (Å²) in [5.41, 5.74) is 2.89. The maximum Gasteiger partial charge on any atom is 0.289 e. The predicted octanol–water partition coefficient (Wildman–Crippen LogP) is 2.18. The zero-order valence-corrected chi connectivity index (χ0v) is 11.3. The Morgan fingerprint density at radius 3 is 2.81 bits per heavy atom. The number of nitrogens with zero attached hydrogens (tertiary/aromatic N) is 2. The molecule has 21 heavy (non-hydrogen) atoms. The van der Waals surface area contributed by atoms with Crippen LogP contribution in [0.15, 0.2) is 36.7 Å². The van der Waals surface area contributed by atoms with Gasteiger partial charge >= 0.3 is 0 Å². The van der Waals surface area contributed by atoms with Crippen molar-refractivity contribution in [2.75, 3.05) is 10.7 Å². The molecule has 4 N–H and O–H groups in total. The minimum Gasteiger partial charge on any atom is -0.322 e. The number of halogens is 1. The summed E-state index contributed by atoms with van der Waals surface area (Å²) in [5.74, 6) is 4.80. The fraction of sp³-hybridized carbons (Fsp3) is 0. The van der Waals surface area contributed by atoms with E-state index in [9.17, 15) is 14.9 Å². The molecule has 0 saturated carbocycles. The van der Waals surface area contributed by atoms with E-state index in [1.54, 1.807) is 0 Å². The van der Waals surface area contributed by atoms with Crippen molar-refractivity contribution < 1.29 is 9.72 Å². The average molecular weight is 308 g/mol. The monoisotopic (exact) mass is 307 g/mol. The highest BCUT2D eigenvalue weighted by Gasteiger charge is 2.15. The SMILES string of the molecule is NNc1cnccc1C(=O)Nc1ccc(Cl)c([N+](=O)[O-])c1. The zero-order valence-electron chi connectivity index (χ0n) is 10.5. The van der Waals surface area contributed by atoms with Gasteiger partial charge in [-0.05, 0) is 18.2 Å². The third-order valence-electron chi connectivity index (χ3n) is 2.62. The standard InChI is InChI=1S/C12H10ClN5O3/c13-9-2-1-7(5-11(9)18(20)21)16-12(19)8-3-4-15-6-10(8)17-14/h1-6,17H,14H2,(H,16,19). The van der Waals surface area contributed by atoms with E-state index < -0.39 is 10.8 Å². The van der Waals surface area contributed by atoms with Gasteiger partial charge in [-0.3, -0.25) is 25.7 Å². The number of hydrazine groups is 1. The molecule has 0 fully saturated rings. The van der Waals surface area contributed by atoms with E-state index in [1.165, 1.54) is 36.7 Å². The van der Waals surface area contributed by atoms with E-state index in [1.807, 2.05) is 0 Å². The van der Waals surface area contributed by atoms with Gasteiger partial charge in [0.05, 0.1) is 22.4 Å². The normalized spacial score (nSPS) is 10.0. The molecular weight excluding hydrogens is 298 g/mol. The summed E-state index contributed by atoms with van der Waals surface area (Å²) in [5, 5.41) is 13.3. The van der Waals surface area contributed by atoms with E-state index in [0.29, 0.717) is 5.69 Å². The van der Waals surface area contributed by atoms with Gasteiger partial charge in [-0.25, -0.2) is 0 Å². The number of nitro benzene ring substituents is 1. The molecule has 1 amide bonds. The Morgan fingerprint density at radius 2 is 2.14 bits per heavy atom. The number of nitrogens with one attached hydrogen (secondary N) is 2. The van der Waals surface area contributed by atoms with Crippen LogP contribution in [-0.4, -0.2) is 15.8 Å². The Bertz CT molecular complexity index is 707. The number of hydrogen-bond acceptors (Lipinski definition) is 6. The van der Waals surface area contributed by atoms with Gasteiger partial charge in [0.25, 0.3) is 11.6 Å². The molecule has 2 rings (SSSR count). The molecule has 0 aliphatic carbocycles. The summed E-state index contributed by atoms with van der Waals surface area (Å²) >= 11 is 5.70. The first-order chi connectivity index (χ1) is 10.0. The van der Waals surface area contributed by atoms with E-state index in [4.69, 9.17) is 17.4 Å². The number of anilines is 2. The second kappa shape index (κ2) is 6.16. The lowest BCUT2D eigenvalue weighted by atomic mass is 10.2. The van der Waals surface area contributed by atoms with Crippen molar-refractivity contribution in [1.82, 2.24) is 4.98 Å². The van der Waals surface area contributed by atoms with Crippen molar-refractivity contribution in [3.05, 3.63) is 57.4 Å². The molecule has 9 heteroatoms. The van der Waals surface area contributed by atoms with E-state index in [2.05, 4.69) is 15.7 Å². The molecule has 0 aliphatic heterocycles. The molecule has 1 aromatic heterocycles. The van der Waals surface area contributed by atoms with Gasteiger partial charge in [-0.1, -0.05) is 11.6 Å². The minimum atomic E-state index is -0.628. The highest BCUT2D eigenvalue weighted by molar-refractivity contribution is 6.32. The topological polar surface area (TPSA) is 123 Å². The molecular formula is C12H10ClN5O3. The van der Waals surface area contributed by atoms with E-state index in [0.717, 1.165) is 0 Å². The van der Waals surface area contributed by atoms with E-state index in [-0.39, 0.29) is 22.0 Å². The molecule has 0 spiro atoms. The summed E-state index contributed by atoms with van der Waals surface area (Å²) in [6.07, 6.45) is 2.82. The Hall–Kier alpha value is -2.71. The van der Waals surface area contributed by atoms with Gasteiger partial charge < -0.3 is 10.7 Å². The second-order valence-electron chi connectivity index (χ2n) is 3.94. The number of nitrogen functional groups attached to an aromatic ring is 1. The van der Waals surface area contributed by atoms with Gasteiger partial charge in [0.1, 0.15) is 5.02 Å². The van der Waals surface area contributed by atoms with Crippen LogP contribution in [-0.2, 0) is 0 Å².